The minimum absolute atomic E-state index is 0.167. The molecule has 1 aromatic carbocycles. The summed E-state index contributed by atoms with van der Waals surface area (Å²) in [4.78, 5) is 22.9. The number of hydrogen-bond acceptors (Lipinski definition) is 17. The zero-order valence-electron chi connectivity index (χ0n) is 45.7. The molecule has 5 N–H and O–H groups in total. The van der Waals surface area contributed by atoms with Crippen molar-refractivity contribution in [3.8, 4) is 16.9 Å². The molecular weight excluding hydrogens is 937 g/mol. The molecule has 0 saturated carbocycles. The second kappa shape index (κ2) is 25.0. The van der Waals surface area contributed by atoms with E-state index in [1.165, 1.54) is 14.0 Å². The van der Waals surface area contributed by atoms with Gasteiger partial charge in [-0.25, -0.2) is 0 Å². The number of benzene rings is 1. The van der Waals surface area contributed by atoms with E-state index in [4.69, 9.17) is 28.4 Å². The summed E-state index contributed by atoms with van der Waals surface area (Å²) in [5.41, 5.74) is -1.51. The Balaban J connectivity index is 1.19. The summed E-state index contributed by atoms with van der Waals surface area (Å²) in [5.74, 6) is -2.32. The van der Waals surface area contributed by atoms with Gasteiger partial charge in [-0.15, -0.1) is 5.10 Å². The lowest BCUT2D eigenvalue weighted by Crippen LogP contribution is -2.62. The number of nitrogens with zero attached hydrogens (tertiary/aromatic N) is 6. The van der Waals surface area contributed by atoms with Crippen molar-refractivity contribution in [1.82, 2.24) is 29.8 Å². The third-order valence-corrected chi connectivity index (χ3v) is 16.4. The molecule has 73 heavy (non-hydrogen) atoms. The van der Waals surface area contributed by atoms with E-state index in [0.717, 1.165) is 29.0 Å². The van der Waals surface area contributed by atoms with Crippen LogP contribution in [0.5, 0.6) is 5.75 Å². The van der Waals surface area contributed by atoms with Gasteiger partial charge < -0.3 is 63.8 Å². The number of carbonyl (C=O) groups excluding carboxylic acids is 1. The number of pyridine rings is 1. The number of esters is 1. The Labute approximate surface area is 433 Å². The van der Waals surface area contributed by atoms with Crippen molar-refractivity contribution in [2.45, 2.75) is 198 Å². The van der Waals surface area contributed by atoms with E-state index in [1.807, 2.05) is 107 Å². The van der Waals surface area contributed by atoms with Crippen LogP contribution >= 0.6 is 0 Å². The molecule has 3 aliphatic rings. The molecular formula is C55H88N6O12. The van der Waals surface area contributed by atoms with Gasteiger partial charge in [-0.05, 0) is 116 Å². The molecule has 3 fully saturated rings. The lowest BCUT2D eigenvalue weighted by Gasteiger charge is -2.51. The molecule has 0 bridgehead atoms. The van der Waals surface area contributed by atoms with Crippen LogP contribution < -0.4 is 4.74 Å². The maximum absolute atomic E-state index is 14.6. The summed E-state index contributed by atoms with van der Waals surface area (Å²) < 4.78 is 40.1. The van der Waals surface area contributed by atoms with Crippen molar-refractivity contribution in [3.05, 3.63) is 60.7 Å². The van der Waals surface area contributed by atoms with E-state index in [1.54, 1.807) is 33.9 Å². The van der Waals surface area contributed by atoms with Crippen LogP contribution in [0.3, 0.4) is 0 Å². The van der Waals surface area contributed by atoms with E-state index >= 15 is 0 Å². The summed E-state index contributed by atoms with van der Waals surface area (Å²) in [7, 11) is 5.35. The molecule has 6 rings (SSSR count). The van der Waals surface area contributed by atoms with E-state index in [9.17, 15) is 30.3 Å². The van der Waals surface area contributed by atoms with Gasteiger partial charge in [0.05, 0.1) is 53.8 Å². The van der Waals surface area contributed by atoms with E-state index < -0.39 is 102 Å². The fourth-order valence-corrected chi connectivity index (χ4v) is 11.9. The Hall–Kier alpha value is -3.66. The number of likely N-dealkylation sites (N-methyl/N-ethyl adjacent to an activating group) is 2. The molecule has 5 heterocycles. The second-order valence-corrected chi connectivity index (χ2v) is 22.5. The number of aliphatic hydroxyl groups excluding tert-OH is 3. The number of rotatable bonds is 15. The molecule has 3 aliphatic heterocycles. The first-order chi connectivity index (χ1) is 34.4. The van der Waals surface area contributed by atoms with Gasteiger partial charge in [-0.1, -0.05) is 51.1 Å². The van der Waals surface area contributed by atoms with Gasteiger partial charge in [0.25, 0.3) is 0 Å². The van der Waals surface area contributed by atoms with Gasteiger partial charge in [0.2, 0.25) is 0 Å². The lowest BCUT2D eigenvalue weighted by molar-refractivity contribution is -0.302. The smallest absolute Gasteiger partial charge is 0.309 e. The molecule has 0 radical (unpaired) electrons. The first-order valence-corrected chi connectivity index (χ1v) is 26.5. The molecule has 18 nitrogen and oxygen atoms in total. The first-order valence-electron chi connectivity index (χ1n) is 26.5. The number of aryl methyl sites for hydroxylation is 1. The Morgan fingerprint density at radius 1 is 0.945 bits per heavy atom. The highest BCUT2D eigenvalue weighted by atomic mass is 16.7. The summed E-state index contributed by atoms with van der Waals surface area (Å²) in [6, 6.07) is 11.0. The number of ether oxygens (including phenoxy) is 6. The van der Waals surface area contributed by atoms with Crippen molar-refractivity contribution in [1.29, 1.82) is 0 Å². The fraction of sp³-hybridized carbons (Fsp3) is 0.745. The van der Waals surface area contributed by atoms with Crippen LogP contribution in [0.25, 0.3) is 11.1 Å². The zero-order valence-corrected chi connectivity index (χ0v) is 45.7. The lowest BCUT2D eigenvalue weighted by atomic mass is 9.68. The van der Waals surface area contributed by atoms with Crippen LogP contribution in [0.4, 0.5) is 0 Å². The number of aliphatic hydroxyl groups is 5. The van der Waals surface area contributed by atoms with Gasteiger partial charge in [-0.3, -0.25) is 14.5 Å². The monoisotopic (exact) mass is 1020 g/mol. The van der Waals surface area contributed by atoms with Crippen LogP contribution in [-0.4, -0.2) is 186 Å². The highest BCUT2D eigenvalue weighted by Crippen LogP contribution is 2.45. The largest absolute Gasteiger partial charge is 0.494 e. The predicted octanol–water partition coefficient (Wildman–Crippen LogP) is 4.91. The standard InChI is InChI=1S/C55H88N6O12/c1-14-45-55(10,67)48(63)37(6)60(12)31-33(2)28-53(8,66)50(35(4)46(36(5)51(65)72-45)44-29-54(9,68-13)49(64)38(7)71-44)73-52-47(62)43(27-34(3)70-52)59(11)25-22-41-32-61(58-57-41)24-16-26-69-42-20-18-39(19-21-42)40-17-15-23-56-30-40/h15,17-21,23,30,32-38,43-50,52,62-64,66-67H,14,16,22,24-29,31H2,1-13H3/t33-,34-,35+,36-,37-,38+,43+,44?,45-,46+,47-,48-,49+,50-,52+,53-,54-,55-/m1/s1. The maximum atomic E-state index is 14.6. The number of methoxy groups -OCH3 is 1. The summed E-state index contributed by atoms with van der Waals surface area (Å²) in [6.45, 7) is 20.2. The molecule has 410 valence electrons. The van der Waals surface area contributed by atoms with Gasteiger partial charge >= 0.3 is 5.97 Å². The Kier molecular flexibility index (Phi) is 20.1. The third-order valence-electron chi connectivity index (χ3n) is 16.4. The van der Waals surface area contributed by atoms with Crippen LogP contribution in [0, 0.1) is 23.7 Å². The SMILES string of the molecule is CC[C@H]1OC(=O)[C@H](C)[C@@H](C2C[C@@](C)(OC)[C@@H](O)[C@H](C)O2)[C@H](C)[C@@H](O[C@@H]2O[C@H](C)C[C@H](N(C)CCc3cn(CCCOc4ccc(-c5cccnc5)cc4)nn3)[C@H]2O)[C@](C)(O)C[C@@H](C)CN(C)[C@H](C)[C@@H](O)[C@]1(C)O. The number of carbonyl (C=O) groups is 1. The number of cyclic esters (lactones) is 1. The summed E-state index contributed by atoms with van der Waals surface area (Å²) in [6.07, 6.45) is -0.414. The third kappa shape index (κ3) is 14.0. The molecule has 18 heteroatoms. The summed E-state index contributed by atoms with van der Waals surface area (Å²) in [5, 5.41) is 68.9. The summed E-state index contributed by atoms with van der Waals surface area (Å²) >= 11 is 0. The van der Waals surface area contributed by atoms with Crippen molar-refractivity contribution < 1.29 is 58.7 Å². The molecule has 0 aliphatic carbocycles. The highest BCUT2D eigenvalue weighted by Gasteiger charge is 2.55. The second-order valence-electron chi connectivity index (χ2n) is 22.5. The van der Waals surface area contributed by atoms with E-state index in [0.29, 0.717) is 39.1 Å². The zero-order chi connectivity index (χ0) is 53.6. The van der Waals surface area contributed by atoms with Crippen LogP contribution in [0.1, 0.15) is 107 Å². The van der Waals surface area contributed by atoms with Gasteiger partial charge in [0.1, 0.15) is 35.8 Å². The van der Waals surface area contributed by atoms with Crippen molar-refractivity contribution in [2.75, 3.05) is 40.9 Å². The van der Waals surface area contributed by atoms with E-state index in [2.05, 4.69) is 20.2 Å². The van der Waals surface area contributed by atoms with Crippen LogP contribution in [-0.2, 0) is 41.4 Å². The van der Waals surface area contributed by atoms with Crippen LogP contribution in [0.2, 0.25) is 0 Å². The van der Waals surface area contributed by atoms with Crippen LogP contribution in [0.15, 0.2) is 55.0 Å². The minimum atomic E-state index is -1.81. The number of hydrogen-bond donors (Lipinski definition) is 5. The van der Waals surface area contributed by atoms with Gasteiger partial charge in [0.15, 0.2) is 6.29 Å². The fourth-order valence-electron chi connectivity index (χ4n) is 11.9. The minimum Gasteiger partial charge on any atom is -0.494 e. The molecule has 0 spiro atoms. The molecule has 3 saturated heterocycles. The molecule has 3 aromatic rings. The molecule has 18 atom stereocenters. The highest BCUT2D eigenvalue weighted by molar-refractivity contribution is 5.73. The van der Waals surface area contributed by atoms with Crippen molar-refractivity contribution in [2.24, 2.45) is 23.7 Å². The topological polar surface area (TPSA) is 224 Å². The Morgan fingerprint density at radius 3 is 2.32 bits per heavy atom. The van der Waals surface area contributed by atoms with Gasteiger partial charge in [-0.2, -0.15) is 0 Å². The van der Waals surface area contributed by atoms with Crippen molar-refractivity contribution >= 4 is 5.97 Å². The first kappa shape index (κ1) is 58.6. The quantitative estimate of drug-likeness (QED) is 0.101. The Morgan fingerprint density at radius 2 is 1.66 bits per heavy atom. The molecule has 2 aromatic heterocycles. The normalized spacial score (nSPS) is 38.6. The predicted molar refractivity (Wildman–Crippen MR) is 275 cm³/mol. The molecule has 0 amide bonds. The maximum Gasteiger partial charge on any atom is 0.309 e. The van der Waals surface area contributed by atoms with Gasteiger partial charge in [0, 0.05) is 82.6 Å². The van der Waals surface area contributed by atoms with E-state index in [-0.39, 0.29) is 31.3 Å². The van der Waals surface area contributed by atoms with Crippen molar-refractivity contribution in [3.63, 3.8) is 0 Å². The Bertz CT molecular complexity index is 2170. The number of aromatic nitrogens is 4. The average molecular weight is 1030 g/mol. The molecule has 1 unspecified atom stereocenters. The average Bonchev–Trinajstić information content (AvgIpc) is 3.82.